The van der Waals surface area contributed by atoms with Crippen molar-refractivity contribution in [1.29, 1.82) is 0 Å². The van der Waals surface area contributed by atoms with Crippen LogP contribution in [0.15, 0.2) is 35.4 Å². The van der Waals surface area contributed by atoms with Crippen molar-refractivity contribution in [1.82, 2.24) is 0 Å². The van der Waals surface area contributed by atoms with Crippen molar-refractivity contribution >= 4 is 34.0 Å². The highest BCUT2D eigenvalue weighted by atomic mass is 127. The monoisotopic (exact) mass is 510 g/mol. The quantitative estimate of drug-likeness (QED) is 0.254. The topological polar surface area (TPSA) is 45.1 Å². The maximum atomic E-state index is 13.5. The van der Waals surface area contributed by atoms with Crippen molar-refractivity contribution in [3.63, 3.8) is 0 Å². The summed E-state index contributed by atoms with van der Waals surface area (Å²) in [6, 6.07) is 7.20. The van der Waals surface area contributed by atoms with Crippen LogP contribution >= 0.6 is 22.6 Å². The van der Waals surface area contributed by atoms with E-state index < -0.39 is 36.3 Å². The summed E-state index contributed by atoms with van der Waals surface area (Å²) in [5.74, 6) is -2.41. The molecule has 2 rings (SSSR count). The van der Waals surface area contributed by atoms with Gasteiger partial charge in [-0.2, -0.15) is 31.4 Å². The van der Waals surface area contributed by atoms with Gasteiger partial charge in [0.05, 0.1) is 11.6 Å². The normalized spacial score (nSPS) is 22.1. The van der Waals surface area contributed by atoms with Gasteiger partial charge in [0, 0.05) is 6.61 Å². The molecule has 1 aliphatic rings. The van der Waals surface area contributed by atoms with Gasteiger partial charge in [0.1, 0.15) is 0 Å². The third kappa shape index (κ3) is 5.47. The van der Waals surface area contributed by atoms with Crippen LogP contribution in [0.25, 0.3) is 0 Å². The lowest BCUT2D eigenvalue weighted by molar-refractivity contribution is -0.237. The fraction of sp³-hybridized carbons (Fsp3) is 0.562. The number of alkyl halides is 7. The summed E-state index contributed by atoms with van der Waals surface area (Å²) in [5, 5.41) is 14.1. The molecule has 0 radical (unpaired) electrons. The fourth-order valence-electron chi connectivity index (χ4n) is 2.68. The van der Waals surface area contributed by atoms with Crippen LogP contribution < -0.4 is 5.01 Å². The second kappa shape index (κ2) is 8.95. The minimum atomic E-state index is -5.15. The van der Waals surface area contributed by atoms with E-state index in [0.29, 0.717) is 15.9 Å². The number of anilines is 1. The number of hydrazone groups is 1. The fourth-order valence-corrected chi connectivity index (χ4v) is 3.22. The molecule has 1 aromatic rings. The minimum Gasteiger partial charge on any atom is -0.371 e. The van der Waals surface area contributed by atoms with Crippen molar-refractivity contribution in [3.05, 3.63) is 30.3 Å². The Bertz CT molecular complexity index is 638. The van der Waals surface area contributed by atoms with E-state index in [1.807, 2.05) is 22.6 Å². The summed E-state index contributed by atoms with van der Waals surface area (Å²) >= 11 is 2.03. The predicted molar refractivity (Wildman–Crippen MR) is 95.8 cm³/mol. The molecule has 0 spiro atoms. The number of halogens is 7. The molecule has 1 aromatic carbocycles. The number of nitrogens with zero attached hydrogens (tertiary/aromatic N) is 2. The third-order valence-electron chi connectivity index (χ3n) is 3.89. The molecular formula is C16H17F6IN2O2. The highest BCUT2D eigenvalue weighted by Crippen LogP contribution is 2.41. The van der Waals surface area contributed by atoms with E-state index in [0.717, 1.165) is 0 Å². The lowest BCUT2D eigenvalue weighted by atomic mass is 9.94. The van der Waals surface area contributed by atoms with E-state index in [1.54, 1.807) is 6.07 Å². The van der Waals surface area contributed by atoms with Crippen molar-refractivity contribution in [3.8, 4) is 0 Å². The summed E-state index contributed by atoms with van der Waals surface area (Å²) < 4.78 is 86.0. The van der Waals surface area contributed by atoms with Gasteiger partial charge in [-0.3, -0.25) is 0 Å². The average Bonchev–Trinajstić information content (AvgIpc) is 2.92. The molecule has 0 amide bonds. The summed E-state index contributed by atoms with van der Waals surface area (Å²) in [7, 11) is 0. The number of para-hydroxylation sites is 1. The van der Waals surface area contributed by atoms with Crippen LogP contribution in [0.5, 0.6) is 0 Å². The molecule has 27 heavy (non-hydrogen) atoms. The molecular weight excluding hydrogens is 493 g/mol. The molecule has 152 valence electrons. The van der Waals surface area contributed by atoms with E-state index >= 15 is 0 Å². The van der Waals surface area contributed by atoms with Crippen LogP contribution in [0.1, 0.15) is 12.8 Å². The van der Waals surface area contributed by atoms with Gasteiger partial charge in [0.25, 0.3) is 0 Å². The Balaban J connectivity index is 2.36. The second-order valence-electron chi connectivity index (χ2n) is 5.83. The van der Waals surface area contributed by atoms with Gasteiger partial charge in [-0.05, 0) is 29.4 Å². The van der Waals surface area contributed by atoms with Gasteiger partial charge in [-0.25, -0.2) is 5.01 Å². The Morgan fingerprint density at radius 2 is 1.74 bits per heavy atom. The number of unbranched alkanes of at least 4 members (excludes halogenated alkanes) is 1. The minimum absolute atomic E-state index is 0.0417. The van der Waals surface area contributed by atoms with Crippen molar-refractivity contribution < 1.29 is 36.2 Å². The lowest BCUT2D eigenvalue weighted by Gasteiger charge is -2.31. The van der Waals surface area contributed by atoms with Crippen LogP contribution in [0.3, 0.4) is 0 Å². The van der Waals surface area contributed by atoms with Gasteiger partial charge in [0.15, 0.2) is 18.0 Å². The van der Waals surface area contributed by atoms with E-state index in [2.05, 4.69) is 5.10 Å². The van der Waals surface area contributed by atoms with E-state index in [4.69, 9.17) is 4.74 Å². The first-order valence-electron chi connectivity index (χ1n) is 7.99. The summed E-state index contributed by atoms with van der Waals surface area (Å²) in [6.07, 6.45) is -14.4. The van der Waals surface area contributed by atoms with Crippen molar-refractivity contribution in [2.24, 2.45) is 11.0 Å². The SMILES string of the molecule is OC1C(C(OCCCCI)C(F)(F)F)C(C(F)(F)F)=NN1c1ccccc1. The summed E-state index contributed by atoms with van der Waals surface area (Å²) in [6.45, 7) is -0.368. The molecule has 1 aliphatic heterocycles. The van der Waals surface area contributed by atoms with Crippen LogP contribution in [0.4, 0.5) is 32.0 Å². The number of rotatable bonds is 7. The number of aliphatic hydroxyl groups excluding tert-OH is 1. The first kappa shape index (κ1) is 22.2. The molecule has 0 saturated carbocycles. The molecule has 0 fully saturated rings. The van der Waals surface area contributed by atoms with E-state index in [1.165, 1.54) is 24.3 Å². The largest absolute Gasteiger partial charge is 0.431 e. The predicted octanol–water partition coefficient (Wildman–Crippen LogP) is 4.52. The van der Waals surface area contributed by atoms with Gasteiger partial charge < -0.3 is 9.84 Å². The molecule has 1 N–H and O–H groups in total. The molecule has 11 heteroatoms. The molecule has 0 bridgehead atoms. The third-order valence-corrected chi connectivity index (χ3v) is 4.65. The smallest absolute Gasteiger partial charge is 0.371 e. The second-order valence-corrected chi connectivity index (χ2v) is 6.91. The van der Waals surface area contributed by atoms with Crippen LogP contribution in [-0.4, -0.2) is 46.5 Å². The van der Waals surface area contributed by atoms with Gasteiger partial charge in [0.2, 0.25) is 0 Å². The average molecular weight is 510 g/mol. The maximum Gasteiger partial charge on any atom is 0.431 e. The maximum absolute atomic E-state index is 13.5. The van der Waals surface area contributed by atoms with Gasteiger partial charge in [-0.1, -0.05) is 40.8 Å². The van der Waals surface area contributed by atoms with Gasteiger partial charge in [-0.15, -0.1) is 0 Å². The van der Waals surface area contributed by atoms with Crippen molar-refractivity contribution in [2.75, 3.05) is 16.0 Å². The molecule has 3 unspecified atom stereocenters. The first-order valence-corrected chi connectivity index (χ1v) is 9.52. The Labute approximate surface area is 165 Å². The standard InChI is InChI=1S/C16H17F6IN2O2/c17-15(18,19)12-11(13(16(20,21)22)27-9-5-4-8-23)14(26)25(24-12)10-6-2-1-3-7-10/h1-3,6-7,11,13-14,26H,4-5,8-9H2. The number of hydrogen-bond acceptors (Lipinski definition) is 4. The summed E-state index contributed by atoms with van der Waals surface area (Å²) in [4.78, 5) is 0. The summed E-state index contributed by atoms with van der Waals surface area (Å²) in [5.41, 5.74) is -1.67. The zero-order chi connectivity index (χ0) is 20.2. The van der Waals surface area contributed by atoms with Crippen LogP contribution in [0.2, 0.25) is 0 Å². The number of benzene rings is 1. The van der Waals surface area contributed by atoms with Gasteiger partial charge >= 0.3 is 12.4 Å². The highest BCUT2D eigenvalue weighted by Gasteiger charge is 2.59. The molecule has 0 aliphatic carbocycles. The number of ether oxygens (including phenoxy) is 1. The zero-order valence-corrected chi connectivity index (χ0v) is 16.0. The molecule has 0 aromatic heterocycles. The molecule has 1 heterocycles. The Kier molecular flexibility index (Phi) is 7.36. The first-order chi connectivity index (χ1) is 12.6. The molecule has 0 saturated heterocycles. The Morgan fingerprint density at radius 3 is 2.26 bits per heavy atom. The lowest BCUT2D eigenvalue weighted by Crippen LogP contribution is -2.51. The van der Waals surface area contributed by atoms with Crippen LogP contribution in [-0.2, 0) is 4.74 Å². The van der Waals surface area contributed by atoms with E-state index in [-0.39, 0.29) is 18.7 Å². The van der Waals surface area contributed by atoms with Crippen molar-refractivity contribution in [2.45, 2.75) is 37.5 Å². The Morgan fingerprint density at radius 1 is 1.11 bits per heavy atom. The highest BCUT2D eigenvalue weighted by molar-refractivity contribution is 14.1. The zero-order valence-electron chi connectivity index (χ0n) is 13.8. The number of hydrogen-bond donors (Lipinski definition) is 1. The molecule has 4 nitrogen and oxygen atoms in total. The molecule has 3 atom stereocenters. The van der Waals surface area contributed by atoms with E-state index in [9.17, 15) is 31.4 Å². The number of aliphatic hydroxyl groups is 1. The Hall–Kier alpha value is -1.08. The van der Waals surface area contributed by atoms with Crippen LogP contribution in [0, 0.1) is 5.92 Å².